The Kier molecular flexibility index (Phi) is 4.30. The first-order valence-electron chi connectivity index (χ1n) is 6.23. The van der Waals surface area contributed by atoms with Gasteiger partial charge in [-0.3, -0.25) is 4.79 Å². The molecule has 2 rings (SSSR count). The maximum absolute atomic E-state index is 13.4. The van der Waals surface area contributed by atoms with Crippen LogP contribution in [0, 0.1) is 5.82 Å². The highest BCUT2D eigenvalue weighted by Crippen LogP contribution is 2.12. The molecule has 1 amide bonds. The second kappa shape index (κ2) is 6.14. The highest BCUT2D eigenvalue weighted by molar-refractivity contribution is 5.92. The number of hydrogen-bond donors (Lipinski definition) is 1. The van der Waals surface area contributed by atoms with Gasteiger partial charge in [-0.2, -0.15) is 0 Å². The number of halogens is 1. The summed E-state index contributed by atoms with van der Waals surface area (Å²) < 4.78 is 13.4. The van der Waals surface area contributed by atoms with E-state index in [1.807, 2.05) is 43.3 Å². The zero-order chi connectivity index (χ0) is 14.5. The fourth-order valence-corrected chi connectivity index (χ4v) is 1.73. The molecule has 0 saturated heterocycles. The second-order valence-electron chi connectivity index (χ2n) is 4.58. The molecule has 1 heterocycles. The minimum Gasteiger partial charge on any atom is -0.378 e. The van der Waals surface area contributed by atoms with Crippen LogP contribution in [0.1, 0.15) is 16.1 Å². The van der Waals surface area contributed by atoms with Gasteiger partial charge in [-0.1, -0.05) is 12.1 Å². The van der Waals surface area contributed by atoms with E-state index in [1.165, 1.54) is 18.3 Å². The number of carbonyl (C=O) groups is 1. The smallest absolute Gasteiger partial charge is 0.273 e. The van der Waals surface area contributed by atoms with Crippen molar-refractivity contribution in [2.24, 2.45) is 0 Å². The highest BCUT2D eigenvalue weighted by Gasteiger charge is 2.11. The Hall–Kier alpha value is -2.43. The molecule has 0 aliphatic heterocycles. The largest absolute Gasteiger partial charge is 0.378 e. The van der Waals surface area contributed by atoms with Gasteiger partial charge in [0.1, 0.15) is 0 Å². The number of carbonyl (C=O) groups excluding carboxylic acids is 1. The average molecular weight is 273 g/mol. The lowest BCUT2D eigenvalue weighted by Crippen LogP contribution is -2.24. The van der Waals surface area contributed by atoms with Gasteiger partial charge in [0.05, 0.1) is 0 Å². The molecule has 2 aromatic rings. The van der Waals surface area contributed by atoms with Crippen molar-refractivity contribution < 1.29 is 9.18 Å². The fourth-order valence-electron chi connectivity index (χ4n) is 1.73. The molecule has 1 aromatic heterocycles. The molecule has 0 spiro atoms. The normalized spacial score (nSPS) is 10.2. The number of amides is 1. The summed E-state index contributed by atoms with van der Waals surface area (Å²) >= 11 is 0. The topological polar surface area (TPSA) is 45.2 Å². The van der Waals surface area contributed by atoms with Crippen molar-refractivity contribution in [3.05, 3.63) is 59.7 Å². The van der Waals surface area contributed by atoms with Crippen molar-refractivity contribution in [3.8, 4) is 0 Å². The molecule has 0 saturated carbocycles. The summed E-state index contributed by atoms with van der Waals surface area (Å²) in [7, 11) is 3.92. The molecule has 0 atom stereocenters. The van der Waals surface area contributed by atoms with Gasteiger partial charge in [0.15, 0.2) is 11.5 Å². The van der Waals surface area contributed by atoms with Crippen molar-refractivity contribution in [1.82, 2.24) is 10.3 Å². The zero-order valence-corrected chi connectivity index (χ0v) is 11.4. The number of nitrogens with zero attached hydrogens (tertiary/aromatic N) is 2. The molecule has 0 radical (unpaired) electrons. The Morgan fingerprint density at radius 1 is 1.25 bits per heavy atom. The van der Waals surface area contributed by atoms with Crippen LogP contribution >= 0.6 is 0 Å². The van der Waals surface area contributed by atoms with E-state index in [4.69, 9.17) is 0 Å². The first kappa shape index (κ1) is 14.0. The molecule has 5 heteroatoms. The molecule has 0 aliphatic carbocycles. The molecule has 20 heavy (non-hydrogen) atoms. The summed E-state index contributed by atoms with van der Waals surface area (Å²) in [6.45, 7) is 0.336. The third kappa shape index (κ3) is 3.32. The Balaban J connectivity index is 1.98. The van der Waals surface area contributed by atoms with Crippen LogP contribution in [-0.4, -0.2) is 25.0 Å². The molecule has 1 N–H and O–H groups in total. The molecule has 104 valence electrons. The van der Waals surface area contributed by atoms with Crippen LogP contribution in [0.4, 0.5) is 10.1 Å². The van der Waals surface area contributed by atoms with Crippen LogP contribution in [0.15, 0.2) is 42.6 Å². The number of hydrogen-bond acceptors (Lipinski definition) is 3. The molecule has 0 bridgehead atoms. The van der Waals surface area contributed by atoms with Crippen LogP contribution in [0.2, 0.25) is 0 Å². The number of pyridine rings is 1. The second-order valence-corrected chi connectivity index (χ2v) is 4.58. The minimum atomic E-state index is -0.618. The van der Waals surface area contributed by atoms with E-state index in [2.05, 4.69) is 10.3 Å². The van der Waals surface area contributed by atoms with E-state index in [9.17, 15) is 9.18 Å². The molecular formula is C15H16FN3O. The van der Waals surface area contributed by atoms with Crippen LogP contribution in [-0.2, 0) is 6.54 Å². The summed E-state index contributed by atoms with van der Waals surface area (Å²) in [6.07, 6.45) is 1.39. The quantitative estimate of drug-likeness (QED) is 0.929. The van der Waals surface area contributed by atoms with E-state index in [-0.39, 0.29) is 5.69 Å². The van der Waals surface area contributed by atoms with Crippen LogP contribution in [0.3, 0.4) is 0 Å². The number of nitrogens with one attached hydrogen (secondary N) is 1. The number of aromatic nitrogens is 1. The lowest BCUT2D eigenvalue weighted by molar-refractivity contribution is 0.0941. The first-order valence-corrected chi connectivity index (χ1v) is 6.23. The predicted octanol–water partition coefficient (Wildman–Crippen LogP) is 2.22. The zero-order valence-electron chi connectivity index (χ0n) is 11.4. The van der Waals surface area contributed by atoms with E-state index >= 15 is 0 Å². The van der Waals surface area contributed by atoms with Gasteiger partial charge < -0.3 is 10.2 Å². The lowest BCUT2D eigenvalue weighted by Gasteiger charge is -2.12. The summed E-state index contributed by atoms with van der Waals surface area (Å²) in [5.41, 5.74) is 1.84. The molecular weight excluding hydrogens is 257 g/mol. The average Bonchev–Trinajstić information content (AvgIpc) is 2.45. The predicted molar refractivity (Wildman–Crippen MR) is 76.1 cm³/mol. The van der Waals surface area contributed by atoms with Crippen molar-refractivity contribution in [3.63, 3.8) is 0 Å². The molecule has 1 aromatic carbocycles. The summed E-state index contributed by atoms with van der Waals surface area (Å²) in [4.78, 5) is 17.5. The van der Waals surface area contributed by atoms with Gasteiger partial charge in [-0.05, 0) is 29.8 Å². The van der Waals surface area contributed by atoms with Gasteiger partial charge in [0, 0.05) is 32.5 Å². The third-order valence-electron chi connectivity index (χ3n) is 2.88. The highest BCUT2D eigenvalue weighted by atomic mass is 19.1. The maximum Gasteiger partial charge on any atom is 0.273 e. The van der Waals surface area contributed by atoms with E-state index < -0.39 is 11.7 Å². The van der Waals surface area contributed by atoms with Crippen molar-refractivity contribution in [2.75, 3.05) is 19.0 Å². The monoisotopic (exact) mass is 273 g/mol. The van der Waals surface area contributed by atoms with Gasteiger partial charge in [0.25, 0.3) is 5.91 Å². The van der Waals surface area contributed by atoms with Crippen molar-refractivity contribution >= 4 is 11.6 Å². The molecule has 0 fully saturated rings. The lowest BCUT2D eigenvalue weighted by atomic mass is 10.2. The van der Waals surface area contributed by atoms with Crippen molar-refractivity contribution in [1.29, 1.82) is 0 Å². The summed E-state index contributed by atoms with van der Waals surface area (Å²) in [5, 5.41) is 2.65. The third-order valence-corrected chi connectivity index (χ3v) is 2.88. The number of benzene rings is 1. The van der Waals surface area contributed by atoms with Crippen LogP contribution in [0.25, 0.3) is 0 Å². The van der Waals surface area contributed by atoms with Gasteiger partial charge >= 0.3 is 0 Å². The van der Waals surface area contributed by atoms with E-state index in [0.29, 0.717) is 6.54 Å². The number of anilines is 1. The van der Waals surface area contributed by atoms with Gasteiger partial charge in [0.2, 0.25) is 0 Å². The number of rotatable bonds is 4. The summed E-state index contributed by atoms with van der Waals surface area (Å²) in [6, 6.07) is 10.4. The maximum atomic E-state index is 13.4. The van der Waals surface area contributed by atoms with Gasteiger partial charge in [-0.15, -0.1) is 0 Å². The minimum absolute atomic E-state index is 0.183. The first-order chi connectivity index (χ1) is 9.58. The SMILES string of the molecule is CN(C)c1ccc(CNC(=O)c2ncccc2F)cc1. The Labute approximate surface area is 117 Å². The van der Waals surface area contributed by atoms with Crippen molar-refractivity contribution in [2.45, 2.75) is 6.54 Å². The van der Waals surface area contributed by atoms with Crippen LogP contribution < -0.4 is 10.2 Å². The molecule has 0 unspecified atom stereocenters. The van der Waals surface area contributed by atoms with Crippen LogP contribution in [0.5, 0.6) is 0 Å². The Morgan fingerprint density at radius 2 is 1.95 bits per heavy atom. The molecule has 0 aliphatic rings. The van der Waals surface area contributed by atoms with Gasteiger partial charge in [-0.25, -0.2) is 9.37 Å². The fraction of sp³-hybridized carbons (Fsp3) is 0.200. The Bertz CT molecular complexity index is 596. The summed E-state index contributed by atoms with van der Waals surface area (Å²) in [5.74, 6) is -1.13. The van der Waals surface area contributed by atoms with E-state index in [1.54, 1.807) is 0 Å². The Morgan fingerprint density at radius 3 is 2.55 bits per heavy atom. The standard InChI is InChI=1S/C15H16FN3O/c1-19(2)12-7-5-11(6-8-12)10-18-15(20)14-13(16)4-3-9-17-14/h3-9H,10H2,1-2H3,(H,18,20). The van der Waals surface area contributed by atoms with E-state index in [0.717, 1.165) is 11.3 Å². The molecule has 4 nitrogen and oxygen atoms in total.